The predicted octanol–water partition coefficient (Wildman–Crippen LogP) is 1.35. The average Bonchev–Trinajstić information content (AvgIpc) is 2.74. The lowest BCUT2D eigenvalue weighted by molar-refractivity contribution is -0.118. The van der Waals surface area contributed by atoms with E-state index in [1.54, 1.807) is 5.51 Å². The molecule has 1 aromatic heterocycles. The summed E-state index contributed by atoms with van der Waals surface area (Å²) in [5, 5.41) is 10.8. The van der Waals surface area contributed by atoms with E-state index in [4.69, 9.17) is 0 Å². The highest BCUT2D eigenvalue weighted by atomic mass is 32.1. The number of nitrogens with zero attached hydrogens (tertiary/aromatic N) is 3. The van der Waals surface area contributed by atoms with E-state index in [9.17, 15) is 4.79 Å². The summed E-state index contributed by atoms with van der Waals surface area (Å²) in [4.78, 5) is 13.9. The molecule has 0 aromatic carbocycles. The van der Waals surface area contributed by atoms with Gasteiger partial charge in [-0.1, -0.05) is 17.8 Å². The Morgan fingerprint density at radius 1 is 1.69 bits per heavy atom. The molecule has 16 heavy (non-hydrogen) atoms. The quantitative estimate of drug-likeness (QED) is 0.866. The first kappa shape index (κ1) is 11.5. The molecule has 1 fully saturated rings. The van der Waals surface area contributed by atoms with E-state index in [0.717, 1.165) is 6.54 Å². The van der Waals surface area contributed by atoms with Crippen LogP contribution in [0.5, 0.6) is 0 Å². The molecule has 2 rings (SSSR count). The fraction of sp³-hybridized carbons (Fsp3) is 0.700. The number of nitrogens with one attached hydrogen (secondary N) is 1. The van der Waals surface area contributed by atoms with Crippen LogP contribution >= 0.6 is 11.3 Å². The van der Waals surface area contributed by atoms with Gasteiger partial charge in [-0.15, -0.1) is 10.2 Å². The molecular weight excluding hydrogens is 224 g/mol. The van der Waals surface area contributed by atoms with Crippen molar-refractivity contribution in [3.8, 4) is 0 Å². The molecule has 6 heteroatoms. The topological polar surface area (TPSA) is 58.1 Å². The molecule has 2 heterocycles. The number of hydrogen-bond donors (Lipinski definition) is 1. The normalized spacial score (nSPS) is 21.9. The Labute approximate surface area is 98.9 Å². The lowest BCUT2D eigenvalue weighted by Gasteiger charge is -2.32. The third kappa shape index (κ3) is 2.99. The van der Waals surface area contributed by atoms with Crippen molar-refractivity contribution in [2.45, 2.75) is 32.2 Å². The van der Waals surface area contributed by atoms with Crippen LogP contribution in [0.2, 0.25) is 0 Å². The number of aromatic nitrogens is 2. The second kappa shape index (κ2) is 5.36. The third-order valence-corrected chi connectivity index (χ3v) is 3.50. The zero-order chi connectivity index (χ0) is 11.4. The van der Waals surface area contributed by atoms with Crippen molar-refractivity contribution >= 4 is 22.4 Å². The molecule has 0 radical (unpaired) electrons. The van der Waals surface area contributed by atoms with Crippen molar-refractivity contribution in [1.82, 2.24) is 15.1 Å². The van der Waals surface area contributed by atoms with E-state index in [-0.39, 0.29) is 5.91 Å². The van der Waals surface area contributed by atoms with Gasteiger partial charge < -0.3 is 0 Å². The molecule has 0 saturated carbocycles. The molecular formula is C10H16N4OS. The van der Waals surface area contributed by atoms with Gasteiger partial charge in [0.05, 0.1) is 6.54 Å². The molecule has 1 aromatic rings. The smallest absolute Gasteiger partial charge is 0.240 e. The zero-order valence-electron chi connectivity index (χ0n) is 9.35. The Morgan fingerprint density at radius 3 is 3.25 bits per heavy atom. The molecule has 1 aliphatic rings. The SMILES string of the molecule is CC1CCCCN1CC(=O)Nc1nncs1. The number of amides is 1. The molecule has 88 valence electrons. The summed E-state index contributed by atoms with van der Waals surface area (Å²) in [5.74, 6) is 0.00509. The average molecular weight is 240 g/mol. The van der Waals surface area contributed by atoms with Gasteiger partial charge in [0.2, 0.25) is 11.0 Å². The minimum absolute atomic E-state index is 0.00509. The summed E-state index contributed by atoms with van der Waals surface area (Å²) in [6, 6.07) is 0.508. The molecule has 1 aliphatic heterocycles. The van der Waals surface area contributed by atoms with Gasteiger partial charge in [0.15, 0.2) is 0 Å². The number of carbonyl (C=O) groups excluding carboxylic acids is 1. The highest BCUT2D eigenvalue weighted by Crippen LogP contribution is 2.16. The van der Waals surface area contributed by atoms with Gasteiger partial charge in [0.25, 0.3) is 0 Å². The van der Waals surface area contributed by atoms with E-state index in [0.29, 0.717) is 17.7 Å². The maximum Gasteiger partial charge on any atom is 0.240 e. The van der Waals surface area contributed by atoms with E-state index in [2.05, 4.69) is 27.3 Å². The summed E-state index contributed by atoms with van der Waals surface area (Å²) in [5.41, 5.74) is 1.61. The number of carbonyl (C=O) groups is 1. The monoisotopic (exact) mass is 240 g/mol. The van der Waals surface area contributed by atoms with Crippen LogP contribution in [-0.2, 0) is 4.79 Å². The molecule has 5 nitrogen and oxygen atoms in total. The number of anilines is 1. The summed E-state index contributed by atoms with van der Waals surface area (Å²) < 4.78 is 0. The van der Waals surface area contributed by atoms with Crippen molar-refractivity contribution < 1.29 is 4.79 Å². The van der Waals surface area contributed by atoms with Crippen LogP contribution in [0.1, 0.15) is 26.2 Å². The van der Waals surface area contributed by atoms with Crippen LogP contribution in [0, 0.1) is 0 Å². The Balaban J connectivity index is 1.82. The Morgan fingerprint density at radius 2 is 2.56 bits per heavy atom. The highest BCUT2D eigenvalue weighted by molar-refractivity contribution is 7.13. The van der Waals surface area contributed by atoms with Crippen LogP contribution in [0.4, 0.5) is 5.13 Å². The number of rotatable bonds is 3. The molecule has 0 spiro atoms. The van der Waals surface area contributed by atoms with Crippen LogP contribution in [0.15, 0.2) is 5.51 Å². The van der Waals surface area contributed by atoms with E-state index < -0.39 is 0 Å². The number of piperidine rings is 1. The predicted molar refractivity (Wildman–Crippen MR) is 63.4 cm³/mol. The summed E-state index contributed by atoms with van der Waals surface area (Å²) in [6.07, 6.45) is 3.65. The van der Waals surface area contributed by atoms with Crippen molar-refractivity contribution in [2.75, 3.05) is 18.4 Å². The molecule has 1 atom stereocenters. The van der Waals surface area contributed by atoms with Gasteiger partial charge in [0, 0.05) is 6.04 Å². The molecule has 1 amide bonds. The first-order valence-electron chi connectivity index (χ1n) is 5.56. The first-order chi connectivity index (χ1) is 7.75. The van der Waals surface area contributed by atoms with E-state index >= 15 is 0 Å². The molecule has 1 unspecified atom stereocenters. The van der Waals surface area contributed by atoms with Gasteiger partial charge in [-0.3, -0.25) is 15.0 Å². The van der Waals surface area contributed by atoms with E-state index in [1.165, 1.54) is 30.6 Å². The third-order valence-electron chi connectivity index (χ3n) is 2.89. The van der Waals surface area contributed by atoms with Gasteiger partial charge in [0.1, 0.15) is 5.51 Å². The van der Waals surface area contributed by atoms with Crippen molar-refractivity contribution in [2.24, 2.45) is 0 Å². The van der Waals surface area contributed by atoms with Crippen molar-refractivity contribution in [1.29, 1.82) is 0 Å². The second-order valence-electron chi connectivity index (χ2n) is 4.11. The largest absolute Gasteiger partial charge is 0.299 e. The molecule has 1 saturated heterocycles. The lowest BCUT2D eigenvalue weighted by Crippen LogP contribution is -2.42. The maximum absolute atomic E-state index is 11.7. The summed E-state index contributed by atoms with van der Waals surface area (Å²) in [7, 11) is 0. The lowest BCUT2D eigenvalue weighted by atomic mass is 10.0. The maximum atomic E-state index is 11.7. The van der Waals surface area contributed by atoms with Crippen LogP contribution in [-0.4, -0.2) is 40.1 Å². The van der Waals surface area contributed by atoms with Crippen molar-refractivity contribution in [3.05, 3.63) is 5.51 Å². The van der Waals surface area contributed by atoms with E-state index in [1.807, 2.05) is 0 Å². The minimum atomic E-state index is 0.00509. The van der Waals surface area contributed by atoms with Gasteiger partial charge in [-0.05, 0) is 26.3 Å². The highest BCUT2D eigenvalue weighted by Gasteiger charge is 2.20. The van der Waals surface area contributed by atoms with Gasteiger partial charge in [-0.25, -0.2) is 0 Å². The first-order valence-corrected chi connectivity index (χ1v) is 6.44. The fourth-order valence-corrected chi connectivity index (χ4v) is 2.42. The van der Waals surface area contributed by atoms with Crippen LogP contribution in [0.25, 0.3) is 0 Å². The zero-order valence-corrected chi connectivity index (χ0v) is 10.2. The summed E-state index contributed by atoms with van der Waals surface area (Å²) in [6.45, 7) is 3.66. The molecule has 0 aliphatic carbocycles. The number of hydrogen-bond acceptors (Lipinski definition) is 5. The number of likely N-dealkylation sites (tertiary alicyclic amines) is 1. The molecule has 1 N–H and O–H groups in total. The van der Waals surface area contributed by atoms with Crippen LogP contribution < -0.4 is 5.32 Å². The Kier molecular flexibility index (Phi) is 3.84. The standard InChI is InChI=1S/C10H16N4OS/c1-8-4-2-3-5-14(8)6-9(15)12-10-13-11-7-16-10/h7-8H,2-6H2,1H3,(H,12,13,15). The fourth-order valence-electron chi connectivity index (χ4n) is 1.96. The van der Waals surface area contributed by atoms with Crippen molar-refractivity contribution in [3.63, 3.8) is 0 Å². The van der Waals surface area contributed by atoms with Gasteiger partial charge in [-0.2, -0.15) is 0 Å². The second-order valence-corrected chi connectivity index (χ2v) is 4.94. The summed E-state index contributed by atoms with van der Waals surface area (Å²) >= 11 is 1.34. The van der Waals surface area contributed by atoms with Gasteiger partial charge >= 0.3 is 0 Å². The Hall–Kier alpha value is -1.01. The minimum Gasteiger partial charge on any atom is -0.299 e. The Bertz CT molecular complexity index is 341. The molecule has 0 bridgehead atoms. The van der Waals surface area contributed by atoms with Crippen LogP contribution in [0.3, 0.4) is 0 Å².